The van der Waals surface area contributed by atoms with Crippen molar-refractivity contribution in [3.05, 3.63) is 34.9 Å². The Kier molecular flexibility index (Phi) is 6.21. The predicted octanol–water partition coefficient (Wildman–Crippen LogP) is 4.03. The van der Waals surface area contributed by atoms with E-state index in [0.29, 0.717) is 16.3 Å². The van der Waals surface area contributed by atoms with Crippen molar-refractivity contribution in [2.75, 3.05) is 19.3 Å². The fraction of sp³-hybridized carbons (Fsp3) is 0.625. The van der Waals surface area contributed by atoms with E-state index in [-0.39, 0.29) is 0 Å². The lowest BCUT2D eigenvalue weighted by Gasteiger charge is -2.36. The minimum absolute atomic E-state index is 0.373. The molecule has 0 saturated heterocycles. The molecular formula is C16H24ClNOS. The first-order valence-corrected chi connectivity index (χ1v) is 8.95. The average Bonchev–Trinajstić information content (AvgIpc) is 2.49. The lowest BCUT2D eigenvalue weighted by molar-refractivity contribution is 0.172. The monoisotopic (exact) mass is 313 g/mol. The Balaban J connectivity index is 1.81. The number of hydrogen-bond donors (Lipinski definition) is 2. The molecule has 1 fully saturated rings. The highest BCUT2D eigenvalue weighted by Gasteiger charge is 2.30. The summed E-state index contributed by atoms with van der Waals surface area (Å²) in [5, 5.41) is 14.3. The Hall–Kier alpha value is -0.220. The van der Waals surface area contributed by atoms with Gasteiger partial charge < -0.3 is 10.4 Å². The highest BCUT2D eigenvalue weighted by atomic mass is 35.5. The van der Waals surface area contributed by atoms with Gasteiger partial charge in [-0.2, -0.15) is 11.8 Å². The molecule has 2 rings (SSSR count). The summed E-state index contributed by atoms with van der Waals surface area (Å²) in [5.41, 5.74) is 0.920. The van der Waals surface area contributed by atoms with Crippen molar-refractivity contribution >= 4 is 23.4 Å². The average molecular weight is 314 g/mol. The van der Waals surface area contributed by atoms with Crippen molar-refractivity contribution in [2.24, 2.45) is 0 Å². The zero-order valence-corrected chi connectivity index (χ0v) is 13.6. The van der Waals surface area contributed by atoms with E-state index in [0.717, 1.165) is 12.1 Å². The Morgan fingerprint density at radius 1 is 1.25 bits per heavy atom. The van der Waals surface area contributed by atoms with E-state index in [4.69, 9.17) is 11.6 Å². The van der Waals surface area contributed by atoms with Gasteiger partial charge in [0.15, 0.2) is 0 Å². The van der Waals surface area contributed by atoms with Crippen LogP contribution in [0.3, 0.4) is 0 Å². The second kappa shape index (κ2) is 7.69. The number of hydrogen-bond acceptors (Lipinski definition) is 3. The molecule has 1 aliphatic carbocycles. The summed E-state index contributed by atoms with van der Waals surface area (Å²) < 4.78 is 0.373. The van der Waals surface area contributed by atoms with Gasteiger partial charge in [-0.05, 0) is 36.8 Å². The van der Waals surface area contributed by atoms with Crippen LogP contribution in [0.1, 0.15) is 43.8 Å². The smallest absolute Gasteiger partial charge is 0.0914 e. The summed E-state index contributed by atoms with van der Waals surface area (Å²) in [6.45, 7) is 1.59. The summed E-state index contributed by atoms with van der Waals surface area (Å²) >= 11 is 7.84. The van der Waals surface area contributed by atoms with E-state index >= 15 is 0 Å². The molecule has 1 saturated carbocycles. The maximum atomic E-state index is 10.2. The molecule has 2 nitrogen and oxygen atoms in total. The third kappa shape index (κ3) is 4.39. The number of thioether (sulfide) groups is 1. The van der Waals surface area contributed by atoms with E-state index in [9.17, 15) is 5.11 Å². The van der Waals surface area contributed by atoms with Crippen molar-refractivity contribution in [3.8, 4) is 0 Å². The van der Waals surface area contributed by atoms with Crippen LogP contribution in [0.25, 0.3) is 0 Å². The molecule has 1 atom stereocenters. The molecule has 1 aromatic carbocycles. The maximum Gasteiger partial charge on any atom is 0.0914 e. The van der Waals surface area contributed by atoms with Crippen LogP contribution in [0, 0.1) is 0 Å². The first kappa shape index (κ1) is 16.2. The van der Waals surface area contributed by atoms with Gasteiger partial charge in [0.25, 0.3) is 0 Å². The number of benzene rings is 1. The number of halogens is 1. The van der Waals surface area contributed by atoms with Gasteiger partial charge in [0, 0.05) is 22.9 Å². The molecule has 0 bridgehead atoms. The van der Waals surface area contributed by atoms with Crippen LogP contribution < -0.4 is 5.32 Å². The maximum absolute atomic E-state index is 10.2. The fourth-order valence-electron chi connectivity index (χ4n) is 2.89. The Morgan fingerprint density at radius 3 is 2.50 bits per heavy atom. The van der Waals surface area contributed by atoms with Crippen LogP contribution in [0.2, 0.25) is 5.02 Å². The zero-order valence-electron chi connectivity index (χ0n) is 12.1. The highest BCUT2D eigenvalue weighted by Crippen LogP contribution is 2.38. The summed E-state index contributed by atoms with van der Waals surface area (Å²) in [6, 6.07) is 7.43. The van der Waals surface area contributed by atoms with Gasteiger partial charge in [-0.25, -0.2) is 0 Å². The molecule has 0 spiro atoms. The second-order valence-corrected chi connectivity index (χ2v) is 7.36. The number of rotatable bonds is 6. The Morgan fingerprint density at radius 2 is 1.90 bits per heavy atom. The molecule has 0 aromatic heterocycles. The van der Waals surface area contributed by atoms with Gasteiger partial charge in [0.05, 0.1) is 6.10 Å². The van der Waals surface area contributed by atoms with Gasteiger partial charge in [0.2, 0.25) is 0 Å². The van der Waals surface area contributed by atoms with Crippen LogP contribution in [-0.4, -0.2) is 29.2 Å². The minimum atomic E-state index is -0.463. The standard InChI is InChI=1S/C16H24ClNOS/c1-20-16(9-3-2-4-10-16)12-18-11-15(19)13-5-7-14(17)8-6-13/h5-8,15,18-19H,2-4,9-12H2,1H3. The normalized spacial score (nSPS) is 19.8. The topological polar surface area (TPSA) is 32.3 Å². The number of nitrogens with one attached hydrogen (secondary N) is 1. The molecule has 4 heteroatoms. The van der Waals surface area contributed by atoms with E-state index in [1.807, 2.05) is 36.0 Å². The van der Waals surface area contributed by atoms with Crippen molar-refractivity contribution in [1.29, 1.82) is 0 Å². The van der Waals surface area contributed by atoms with Gasteiger partial charge in [0.1, 0.15) is 0 Å². The van der Waals surface area contributed by atoms with Crippen LogP contribution in [0.4, 0.5) is 0 Å². The van der Waals surface area contributed by atoms with E-state index in [2.05, 4.69) is 11.6 Å². The molecule has 0 amide bonds. The number of aliphatic hydroxyl groups is 1. The largest absolute Gasteiger partial charge is 0.387 e. The third-order valence-corrected chi connectivity index (χ3v) is 5.91. The summed E-state index contributed by atoms with van der Waals surface area (Å²) in [6.07, 6.45) is 8.37. The van der Waals surface area contributed by atoms with Gasteiger partial charge in [-0.3, -0.25) is 0 Å². The van der Waals surface area contributed by atoms with Crippen LogP contribution in [0.15, 0.2) is 24.3 Å². The van der Waals surface area contributed by atoms with Gasteiger partial charge >= 0.3 is 0 Å². The van der Waals surface area contributed by atoms with Crippen molar-refractivity contribution in [2.45, 2.75) is 43.0 Å². The third-order valence-electron chi connectivity index (χ3n) is 4.24. The molecule has 20 heavy (non-hydrogen) atoms. The Labute approximate surface area is 131 Å². The fourth-order valence-corrected chi connectivity index (χ4v) is 3.96. The first-order valence-electron chi connectivity index (χ1n) is 7.35. The highest BCUT2D eigenvalue weighted by molar-refractivity contribution is 8.00. The molecule has 112 valence electrons. The quantitative estimate of drug-likeness (QED) is 0.831. The summed E-state index contributed by atoms with van der Waals surface area (Å²) in [7, 11) is 0. The minimum Gasteiger partial charge on any atom is -0.387 e. The molecule has 1 aromatic rings. The zero-order chi connectivity index (χ0) is 14.4. The van der Waals surface area contributed by atoms with Crippen LogP contribution >= 0.6 is 23.4 Å². The van der Waals surface area contributed by atoms with E-state index < -0.39 is 6.10 Å². The summed E-state index contributed by atoms with van der Waals surface area (Å²) in [4.78, 5) is 0. The van der Waals surface area contributed by atoms with Crippen LogP contribution in [-0.2, 0) is 0 Å². The second-order valence-electron chi connectivity index (χ2n) is 5.65. The van der Waals surface area contributed by atoms with Gasteiger partial charge in [-0.15, -0.1) is 0 Å². The molecular weight excluding hydrogens is 290 g/mol. The first-order chi connectivity index (χ1) is 9.65. The number of aliphatic hydroxyl groups excluding tert-OH is 1. The predicted molar refractivity (Wildman–Crippen MR) is 88.6 cm³/mol. The van der Waals surface area contributed by atoms with Crippen molar-refractivity contribution in [1.82, 2.24) is 5.32 Å². The van der Waals surface area contributed by atoms with Gasteiger partial charge in [-0.1, -0.05) is 43.0 Å². The van der Waals surface area contributed by atoms with Crippen LogP contribution in [0.5, 0.6) is 0 Å². The van der Waals surface area contributed by atoms with E-state index in [1.165, 1.54) is 32.1 Å². The lowest BCUT2D eigenvalue weighted by atomic mass is 9.88. The SMILES string of the molecule is CSC1(CNCC(O)c2ccc(Cl)cc2)CCCCC1. The Bertz CT molecular complexity index is 403. The van der Waals surface area contributed by atoms with Crippen molar-refractivity contribution < 1.29 is 5.11 Å². The summed E-state index contributed by atoms with van der Waals surface area (Å²) in [5.74, 6) is 0. The molecule has 0 aliphatic heterocycles. The van der Waals surface area contributed by atoms with Crippen molar-refractivity contribution in [3.63, 3.8) is 0 Å². The van der Waals surface area contributed by atoms with E-state index in [1.54, 1.807) is 0 Å². The molecule has 0 radical (unpaired) electrons. The molecule has 2 N–H and O–H groups in total. The molecule has 1 unspecified atom stereocenters. The molecule has 0 heterocycles. The lowest BCUT2D eigenvalue weighted by Crippen LogP contribution is -2.40. The molecule has 1 aliphatic rings.